The van der Waals surface area contributed by atoms with Gasteiger partial charge in [0.1, 0.15) is 11.3 Å². The van der Waals surface area contributed by atoms with Crippen LogP contribution in [0.2, 0.25) is 0 Å². The van der Waals surface area contributed by atoms with Crippen molar-refractivity contribution in [1.82, 2.24) is 14.8 Å². The van der Waals surface area contributed by atoms with Crippen molar-refractivity contribution in [1.29, 1.82) is 0 Å². The van der Waals surface area contributed by atoms with Gasteiger partial charge in [-0.25, -0.2) is 0 Å². The van der Waals surface area contributed by atoms with Gasteiger partial charge in [-0.15, -0.1) is 0 Å². The Morgan fingerprint density at radius 1 is 1.10 bits per heavy atom. The van der Waals surface area contributed by atoms with Crippen LogP contribution in [0.5, 0.6) is 5.75 Å². The van der Waals surface area contributed by atoms with Crippen LogP contribution in [0.1, 0.15) is 5.56 Å². The number of nitrogens with zero attached hydrogens (tertiary/aromatic N) is 3. The SMILES string of the molecule is Cn1c(=O)c(-c2[nH][nH]c(=O)c2C=Nc2ccc([N+](=O)[O-])cc2)c(O)c2ccccc21. The number of nitro benzene ring substituents is 1. The number of aryl methyl sites for hydroxylation is 1. The molecular formula is C20H15N5O5. The molecule has 150 valence electrons. The van der Waals surface area contributed by atoms with Gasteiger partial charge < -0.3 is 9.67 Å². The van der Waals surface area contributed by atoms with E-state index in [-0.39, 0.29) is 28.3 Å². The number of H-pyrrole nitrogens is 2. The number of nitro groups is 1. The minimum absolute atomic E-state index is 0.0380. The van der Waals surface area contributed by atoms with E-state index in [1.165, 1.54) is 35.0 Å². The highest BCUT2D eigenvalue weighted by atomic mass is 16.6. The fourth-order valence-corrected chi connectivity index (χ4v) is 3.19. The third kappa shape index (κ3) is 3.05. The van der Waals surface area contributed by atoms with Crippen molar-refractivity contribution in [2.75, 3.05) is 0 Å². The molecule has 4 rings (SSSR count). The number of non-ortho nitro benzene ring substituents is 1. The first kappa shape index (κ1) is 18.9. The highest BCUT2D eigenvalue weighted by Gasteiger charge is 2.21. The molecular weight excluding hydrogens is 390 g/mol. The Balaban J connectivity index is 1.85. The molecule has 0 spiro atoms. The Morgan fingerprint density at radius 2 is 1.80 bits per heavy atom. The quantitative estimate of drug-likeness (QED) is 0.271. The molecule has 2 heterocycles. The summed E-state index contributed by atoms with van der Waals surface area (Å²) in [5.74, 6) is -0.256. The minimum Gasteiger partial charge on any atom is -0.506 e. The van der Waals surface area contributed by atoms with E-state index in [4.69, 9.17) is 0 Å². The molecule has 4 aromatic rings. The molecule has 2 aromatic carbocycles. The van der Waals surface area contributed by atoms with Gasteiger partial charge in [-0.2, -0.15) is 0 Å². The summed E-state index contributed by atoms with van der Waals surface area (Å²) in [6.45, 7) is 0. The topological polar surface area (TPSA) is 146 Å². The maximum absolute atomic E-state index is 12.9. The molecule has 2 aromatic heterocycles. The van der Waals surface area contributed by atoms with Crippen LogP contribution in [0.15, 0.2) is 63.1 Å². The van der Waals surface area contributed by atoms with Gasteiger partial charge >= 0.3 is 0 Å². The Hall–Kier alpha value is -4.47. The molecule has 0 bridgehead atoms. The fourth-order valence-electron chi connectivity index (χ4n) is 3.19. The minimum atomic E-state index is -0.537. The molecule has 3 N–H and O–H groups in total. The van der Waals surface area contributed by atoms with Crippen LogP contribution in [-0.4, -0.2) is 31.0 Å². The highest BCUT2D eigenvalue weighted by Crippen LogP contribution is 2.32. The standard InChI is InChI=1S/C20H15N5O5/c1-24-15-5-3-2-4-13(15)18(26)16(20(24)28)17-14(19(27)23-22-17)10-21-11-6-8-12(9-7-11)25(29)30/h2-10,26H,1H3,(H2,22,23,27). The average molecular weight is 405 g/mol. The van der Waals surface area contributed by atoms with Crippen LogP contribution in [0.25, 0.3) is 22.2 Å². The van der Waals surface area contributed by atoms with E-state index in [0.717, 1.165) is 0 Å². The number of rotatable bonds is 4. The molecule has 0 aliphatic rings. The smallest absolute Gasteiger partial charge is 0.273 e. The lowest BCUT2D eigenvalue weighted by molar-refractivity contribution is -0.384. The number of nitrogens with one attached hydrogen (secondary N) is 2. The molecule has 0 unspecified atom stereocenters. The second kappa shape index (κ2) is 7.17. The summed E-state index contributed by atoms with van der Waals surface area (Å²) >= 11 is 0. The van der Waals surface area contributed by atoms with Gasteiger partial charge in [0, 0.05) is 30.8 Å². The van der Waals surface area contributed by atoms with E-state index >= 15 is 0 Å². The third-order valence-electron chi connectivity index (χ3n) is 4.74. The number of pyridine rings is 1. The number of para-hydroxylation sites is 1. The van der Waals surface area contributed by atoms with E-state index in [9.17, 15) is 24.8 Å². The van der Waals surface area contributed by atoms with Crippen LogP contribution in [0.4, 0.5) is 11.4 Å². The molecule has 0 atom stereocenters. The Kier molecular flexibility index (Phi) is 4.51. The molecule has 0 saturated carbocycles. The van der Waals surface area contributed by atoms with Gasteiger partial charge in [-0.3, -0.25) is 34.9 Å². The summed E-state index contributed by atoms with van der Waals surface area (Å²) in [7, 11) is 1.57. The maximum atomic E-state index is 12.9. The van der Waals surface area contributed by atoms with Crippen molar-refractivity contribution in [2.45, 2.75) is 0 Å². The van der Waals surface area contributed by atoms with Crippen molar-refractivity contribution in [3.63, 3.8) is 0 Å². The predicted octanol–water partition coefficient (Wildman–Crippen LogP) is 2.59. The van der Waals surface area contributed by atoms with Crippen LogP contribution < -0.4 is 11.1 Å². The van der Waals surface area contributed by atoms with Gasteiger partial charge in [-0.1, -0.05) is 12.1 Å². The molecule has 0 aliphatic carbocycles. The maximum Gasteiger partial charge on any atom is 0.273 e. The lowest BCUT2D eigenvalue weighted by atomic mass is 10.1. The first-order valence-electron chi connectivity index (χ1n) is 8.78. The normalized spacial score (nSPS) is 11.4. The van der Waals surface area contributed by atoms with Crippen molar-refractivity contribution in [2.24, 2.45) is 12.0 Å². The second-order valence-electron chi connectivity index (χ2n) is 6.50. The lowest BCUT2D eigenvalue weighted by Crippen LogP contribution is -2.20. The van der Waals surface area contributed by atoms with Crippen LogP contribution in [0.3, 0.4) is 0 Å². The number of aromatic hydroxyl groups is 1. The molecule has 0 amide bonds. The van der Waals surface area contributed by atoms with Gasteiger partial charge in [0.2, 0.25) is 0 Å². The molecule has 10 nitrogen and oxygen atoms in total. The van der Waals surface area contributed by atoms with E-state index in [1.54, 1.807) is 31.3 Å². The van der Waals surface area contributed by atoms with Crippen molar-refractivity contribution in [3.05, 3.63) is 84.9 Å². The zero-order valence-electron chi connectivity index (χ0n) is 15.6. The van der Waals surface area contributed by atoms with Crippen LogP contribution in [-0.2, 0) is 7.05 Å². The van der Waals surface area contributed by atoms with Crippen molar-refractivity contribution in [3.8, 4) is 17.0 Å². The number of hydrogen-bond donors (Lipinski definition) is 3. The molecule has 0 radical (unpaired) electrons. The number of fused-ring (bicyclic) bond motifs is 1. The largest absolute Gasteiger partial charge is 0.506 e. The summed E-state index contributed by atoms with van der Waals surface area (Å²) in [5, 5.41) is 27.0. The average Bonchev–Trinajstić information content (AvgIpc) is 3.11. The van der Waals surface area contributed by atoms with Gasteiger partial charge in [-0.05, 0) is 24.3 Å². The molecule has 30 heavy (non-hydrogen) atoms. The number of aromatic nitrogens is 3. The number of aromatic amines is 2. The van der Waals surface area contributed by atoms with E-state index in [0.29, 0.717) is 16.6 Å². The monoisotopic (exact) mass is 405 g/mol. The third-order valence-corrected chi connectivity index (χ3v) is 4.74. The first-order valence-corrected chi connectivity index (χ1v) is 8.78. The zero-order chi connectivity index (χ0) is 21.4. The van der Waals surface area contributed by atoms with E-state index < -0.39 is 16.0 Å². The Labute approximate surface area is 167 Å². The summed E-state index contributed by atoms with van der Waals surface area (Å²) in [5.41, 5.74) is -0.133. The molecule has 10 heteroatoms. The second-order valence-corrected chi connectivity index (χ2v) is 6.50. The van der Waals surface area contributed by atoms with Gasteiger partial charge in [0.25, 0.3) is 16.8 Å². The number of benzene rings is 2. The molecule has 0 saturated heterocycles. The van der Waals surface area contributed by atoms with Gasteiger partial charge in [0.15, 0.2) is 0 Å². The number of hydrogen-bond acceptors (Lipinski definition) is 6. The van der Waals surface area contributed by atoms with Crippen molar-refractivity contribution >= 4 is 28.5 Å². The summed E-state index contributed by atoms with van der Waals surface area (Å²) < 4.78 is 1.38. The van der Waals surface area contributed by atoms with Crippen LogP contribution >= 0.6 is 0 Å². The Bertz CT molecular complexity index is 1430. The van der Waals surface area contributed by atoms with Crippen molar-refractivity contribution < 1.29 is 10.0 Å². The van der Waals surface area contributed by atoms with Gasteiger partial charge in [0.05, 0.1) is 27.4 Å². The summed E-state index contributed by atoms with van der Waals surface area (Å²) in [6, 6.07) is 12.3. The first-order chi connectivity index (χ1) is 14.4. The van der Waals surface area contributed by atoms with Crippen LogP contribution in [0, 0.1) is 10.1 Å². The fraction of sp³-hybridized carbons (Fsp3) is 0.0500. The van der Waals surface area contributed by atoms with E-state index in [1.807, 2.05) is 0 Å². The summed E-state index contributed by atoms with van der Waals surface area (Å²) in [4.78, 5) is 39.6. The molecule has 0 aliphatic heterocycles. The highest BCUT2D eigenvalue weighted by molar-refractivity contribution is 5.96. The lowest BCUT2D eigenvalue weighted by Gasteiger charge is -2.11. The molecule has 0 fully saturated rings. The summed E-state index contributed by atoms with van der Waals surface area (Å²) in [6.07, 6.45) is 1.24. The Morgan fingerprint density at radius 3 is 2.50 bits per heavy atom. The zero-order valence-corrected chi connectivity index (χ0v) is 15.6. The number of aliphatic imine (C=N–C) groups is 1. The predicted molar refractivity (Wildman–Crippen MR) is 112 cm³/mol. The van der Waals surface area contributed by atoms with E-state index in [2.05, 4.69) is 15.2 Å².